The lowest BCUT2D eigenvalue weighted by molar-refractivity contribution is -0.128. The van der Waals surface area contributed by atoms with Crippen LogP contribution >= 0.6 is 0 Å². The van der Waals surface area contributed by atoms with Crippen molar-refractivity contribution >= 4 is 5.91 Å². The maximum Gasteiger partial charge on any atom is 0.219 e. The zero-order valence-corrected chi connectivity index (χ0v) is 13.5. The second-order valence-electron chi connectivity index (χ2n) is 5.68. The van der Waals surface area contributed by atoms with Crippen LogP contribution in [-0.4, -0.2) is 54.0 Å². The first-order valence-electron chi connectivity index (χ1n) is 7.50. The van der Waals surface area contributed by atoms with Gasteiger partial charge >= 0.3 is 0 Å². The predicted molar refractivity (Wildman–Crippen MR) is 82.4 cm³/mol. The molecule has 0 spiro atoms. The molecule has 116 valence electrons. The Bertz CT molecular complexity index is 516. The zero-order chi connectivity index (χ0) is 15.4. The number of aryl methyl sites for hydroxylation is 1. The average Bonchev–Trinajstić information content (AvgIpc) is 2.68. The van der Waals surface area contributed by atoms with Crippen LogP contribution in [0.4, 0.5) is 0 Å². The highest BCUT2D eigenvalue weighted by Gasteiger charge is 2.18. The molecule has 5 nitrogen and oxygen atoms in total. The van der Waals surface area contributed by atoms with Crippen molar-refractivity contribution in [2.24, 2.45) is 0 Å². The lowest BCUT2D eigenvalue weighted by atomic mass is 10.1. The molecule has 21 heavy (non-hydrogen) atoms. The fraction of sp³-hybridized carbons (Fsp3) is 0.625. The molecule has 5 heteroatoms. The summed E-state index contributed by atoms with van der Waals surface area (Å²) < 4.78 is 5.47. The van der Waals surface area contributed by atoms with Crippen molar-refractivity contribution in [3.63, 3.8) is 0 Å². The normalized spacial score (nSPS) is 16.7. The minimum atomic E-state index is 0.170. The first-order chi connectivity index (χ1) is 10.0. The molecule has 0 N–H and O–H groups in total. The second-order valence-corrected chi connectivity index (χ2v) is 5.68. The molecule has 0 aliphatic carbocycles. The van der Waals surface area contributed by atoms with E-state index in [1.54, 1.807) is 14.0 Å². The summed E-state index contributed by atoms with van der Waals surface area (Å²) in [5.74, 6) is 1.10. The Kier molecular flexibility index (Phi) is 5.17. The summed E-state index contributed by atoms with van der Waals surface area (Å²) >= 11 is 0. The van der Waals surface area contributed by atoms with E-state index in [1.165, 1.54) is 0 Å². The molecular weight excluding hydrogens is 266 g/mol. The van der Waals surface area contributed by atoms with E-state index < -0.39 is 0 Å². The number of aromatic nitrogens is 1. The Morgan fingerprint density at radius 1 is 1.29 bits per heavy atom. The van der Waals surface area contributed by atoms with Crippen LogP contribution < -0.4 is 4.74 Å². The van der Waals surface area contributed by atoms with Gasteiger partial charge in [0.2, 0.25) is 5.91 Å². The SMILES string of the molecule is COc1c(C)cnc(CN2CCCN(C(C)=O)CC2)c1C. The Labute approximate surface area is 126 Å². The van der Waals surface area contributed by atoms with Gasteiger partial charge in [0.1, 0.15) is 5.75 Å². The molecule has 2 heterocycles. The fourth-order valence-electron chi connectivity index (χ4n) is 2.89. The van der Waals surface area contributed by atoms with Gasteiger partial charge in [0.25, 0.3) is 0 Å². The highest BCUT2D eigenvalue weighted by Crippen LogP contribution is 2.24. The number of amides is 1. The summed E-state index contributed by atoms with van der Waals surface area (Å²) in [5.41, 5.74) is 3.25. The van der Waals surface area contributed by atoms with E-state index in [9.17, 15) is 4.79 Å². The highest BCUT2D eigenvalue weighted by molar-refractivity contribution is 5.73. The minimum Gasteiger partial charge on any atom is -0.496 e. The average molecular weight is 291 g/mol. The van der Waals surface area contributed by atoms with Crippen LogP contribution in [0.3, 0.4) is 0 Å². The summed E-state index contributed by atoms with van der Waals surface area (Å²) in [6.45, 7) is 10.1. The molecule has 2 rings (SSSR count). The Hall–Kier alpha value is -1.62. The number of carbonyl (C=O) groups is 1. The van der Waals surface area contributed by atoms with E-state index in [4.69, 9.17) is 4.74 Å². The third-order valence-corrected chi connectivity index (χ3v) is 4.16. The van der Waals surface area contributed by atoms with Crippen LogP contribution in [0.1, 0.15) is 30.2 Å². The maximum atomic E-state index is 11.5. The van der Waals surface area contributed by atoms with E-state index in [0.717, 1.165) is 61.7 Å². The van der Waals surface area contributed by atoms with Gasteiger partial charge in [-0.3, -0.25) is 14.7 Å². The zero-order valence-electron chi connectivity index (χ0n) is 13.5. The first kappa shape index (κ1) is 15.8. The molecule has 1 aromatic heterocycles. The standard InChI is InChI=1S/C16H25N3O2/c1-12-10-17-15(13(2)16(12)21-4)11-18-6-5-7-19(9-8-18)14(3)20/h10H,5-9,11H2,1-4H3. The molecule has 0 radical (unpaired) electrons. The highest BCUT2D eigenvalue weighted by atomic mass is 16.5. The van der Waals surface area contributed by atoms with E-state index in [-0.39, 0.29) is 5.91 Å². The van der Waals surface area contributed by atoms with Gasteiger partial charge in [0, 0.05) is 57.0 Å². The smallest absolute Gasteiger partial charge is 0.219 e. The quantitative estimate of drug-likeness (QED) is 0.851. The van der Waals surface area contributed by atoms with E-state index >= 15 is 0 Å². The first-order valence-corrected chi connectivity index (χ1v) is 7.50. The molecule has 1 aliphatic rings. The van der Waals surface area contributed by atoms with E-state index in [1.807, 2.05) is 18.0 Å². The second kappa shape index (κ2) is 6.89. The van der Waals surface area contributed by atoms with Crippen LogP contribution in [0.2, 0.25) is 0 Å². The minimum absolute atomic E-state index is 0.170. The Balaban J connectivity index is 2.07. The molecular formula is C16H25N3O2. The molecule has 0 atom stereocenters. The van der Waals surface area contributed by atoms with Crippen LogP contribution in [0, 0.1) is 13.8 Å². The predicted octanol–water partition coefficient (Wildman–Crippen LogP) is 1.76. The molecule has 0 saturated carbocycles. The van der Waals surface area contributed by atoms with Gasteiger partial charge in [0.05, 0.1) is 12.8 Å². The van der Waals surface area contributed by atoms with Gasteiger partial charge in [0.15, 0.2) is 0 Å². The van der Waals surface area contributed by atoms with Crippen LogP contribution in [0.5, 0.6) is 5.75 Å². The van der Waals surface area contributed by atoms with Crippen molar-refractivity contribution in [3.8, 4) is 5.75 Å². The van der Waals surface area contributed by atoms with E-state index in [0.29, 0.717) is 0 Å². The number of carbonyl (C=O) groups excluding carboxylic acids is 1. The summed E-state index contributed by atoms with van der Waals surface area (Å²) in [6.07, 6.45) is 2.89. The number of hydrogen-bond acceptors (Lipinski definition) is 4. The van der Waals surface area contributed by atoms with Gasteiger partial charge in [-0.2, -0.15) is 0 Å². The van der Waals surface area contributed by atoms with Crippen molar-refractivity contribution in [1.82, 2.24) is 14.8 Å². The number of ether oxygens (including phenoxy) is 1. The Morgan fingerprint density at radius 3 is 2.71 bits per heavy atom. The van der Waals surface area contributed by atoms with Crippen molar-refractivity contribution in [1.29, 1.82) is 0 Å². The third-order valence-electron chi connectivity index (χ3n) is 4.16. The lowest BCUT2D eigenvalue weighted by Crippen LogP contribution is -2.33. The van der Waals surface area contributed by atoms with Crippen LogP contribution in [0.15, 0.2) is 6.20 Å². The molecule has 1 fully saturated rings. The monoisotopic (exact) mass is 291 g/mol. The topological polar surface area (TPSA) is 45.7 Å². The van der Waals surface area contributed by atoms with Crippen molar-refractivity contribution in [2.75, 3.05) is 33.3 Å². The molecule has 1 saturated heterocycles. The summed E-state index contributed by atoms with van der Waals surface area (Å²) in [5, 5.41) is 0. The summed E-state index contributed by atoms with van der Waals surface area (Å²) in [6, 6.07) is 0. The fourth-order valence-corrected chi connectivity index (χ4v) is 2.89. The molecule has 1 aliphatic heterocycles. The molecule has 0 bridgehead atoms. The van der Waals surface area contributed by atoms with Crippen molar-refractivity contribution < 1.29 is 9.53 Å². The van der Waals surface area contributed by atoms with Gasteiger partial charge in [-0.25, -0.2) is 0 Å². The Morgan fingerprint density at radius 2 is 2.05 bits per heavy atom. The van der Waals surface area contributed by atoms with Crippen LogP contribution in [-0.2, 0) is 11.3 Å². The number of hydrogen-bond donors (Lipinski definition) is 0. The van der Waals surface area contributed by atoms with E-state index in [2.05, 4.69) is 16.8 Å². The van der Waals surface area contributed by atoms with Crippen molar-refractivity contribution in [2.45, 2.75) is 33.7 Å². The summed E-state index contributed by atoms with van der Waals surface area (Å²) in [7, 11) is 1.70. The largest absolute Gasteiger partial charge is 0.496 e. The maximum absolute atomic E-state index is 11.5. The number of rotatable bonds is 3. The van der Waals surface area contributed by atoms with Crippen LogP contribution in [0.25, 0.3) is 0 Å². The summed E-state index contributed by atoms with van der Waals surface area (Å²) in [4.78, 5) is 20.3. The van der Waals surface area contributed by atoms with Gasteiger partial charge in [-0.05, 0) is 20.3 Å². The number of pyridine rings is 1. The molecule has 1 amide bonds. The van der Waals surface area contributed by atoms with Crippen molar-refractivity contribution in [3.05, 3.63) is 23.0 Å². The molecule has 0 aromatic carbocycles. The number of methoxy groups -OCH3 is 1. The van der Waals surface area contributed by atoms with Gasteiger partial charge < -0.3 is 9.64 Å². The number of nitrogens with zero attached hydrogens (tertiary/aromatic N) is 3. The molecule has 1 aromatic rings. The lowest BCUT2D eigenvalue weighted by Gasteiger charge is -2.22. The van der Waals surface area contributed by atoms with Gasteiger partial charge in [-0.15, -0.1) is 0 Å². The third kappa shape index (κ3) is 3.73. The molecule has 0 unspecified atom stereocenters. The van der Waals surface area contributed by atoms with Gasteiger partial charge in [-0.1, -0.05) is 0 Å².